The Morgan fingerprint density at radius 1 is 1.38 bits per heavy atom. The van der Waals surface area contributed by atoms with Gasteiger partial charge in [0.1, 0.15) is 12.1 Å². The molecule has 0 radical (unpaired) electrons. The van der Waals surface area contributed by atoms with Gasteiger partial charge < -0.3 is 4.74 Å². The Morgan fingerprint density at radius 2 is 2.19 bits per heavy atom. The minimum atomic E-state index is -0.00281. The number of anilines is 1. The van der Waals surface area contributed by atoms with Crippen molar-refractivity contribution in [3.8, 4) is 11.4 Å². The van der Waals surface area contributed by atoms with Crippen LogP contribution in [0, 0.1) is 0 Å². The van der Waals surface area contributed by atoms with Gasteiger partial charge in [-0.1, -0.05) is 23.9 Å². The van der Waals surface area contributed by atoms with E-state index in [2.05, 4.69) is 15.2 Å². The normalized spacial score (nSPS) is 10.7. The van der Waals surface area contributed by atoms with Gasteiger partial charge in [0.2, 0.25) is 5.91 Å². The molecule has 0 fully saturated rings. The first kappa shape index (κ1) is 18.4. The van der Waals surface area contributed by atoms with Crippen molar-refractivity contribution in [1.29, 1.82) is 0 Å². The van der Waals surface area contributed by atoms with Gasteiger partial charge in [-0.25, -0.2) is 4.98 Å². The van der Waals surface area contributed by atoms with Gasteiger partial charge in [-0.15, -0.1) is 21.5 Å². The minimum absolute atomic E-state index is 0.00281. The fourth-order valence-corrected chi connectivity index (χ4v) is 4.29. The zero-order chi connectivity index (χ0) is 18.5. The molecule has 2 heterocycles. The van der Waals surface area contributed by atoms with E-state index in [1.165, 1.54) is 23.1 Å². The molecule has 2 aromatic heterocycles. The third kappa shape index (κ3) is 3.88. The smallest absolute Gasteiger partial charge is 0.225 e. The van der Waals surface area contributed by atoms with Crippen molar-refractivity contribution in [3.05, 3.63) is 41.7 Å². The number of rotatable bonds is 7. The van der Waals surface area contributed by atoms with Crippen LogP contribution >= 0.6 is 23.1 Å². The van der Waals surface area contributed by atoms with Gasteiger partial charge in [0, 0.05) is 24.6 Å². The zero-order valence-electron chi connectivity index (χ0n) is 14.7. The van der Waals surface area contributed by atoms with Crippen molar-refractivity contribution in [2.75, 3.05) is 18.6 Å². The van der Waals surface area contributed by atoms with Crippen LogP contribution in [0.2, 0.25) is 0 Å². The molecule has 3 aromatic rings. The molecule has 0 spiro atoms. The highest BCUT2D eigenvalue weighted by Gasteiger charge is 2.15. The molecule has 0 bridgehead atoms. The summed E-state index contributed by atoms with van der Waals surface area (Å²) in [6.45, 7) is 4.10. The molecular formula is C17H19N5O2S2. The fourth-order valence-electron chi connectivity index (χ4n) is 2.43. The molecule has 7 nitrogen and oxygen atoms in total. The molecule has 26 heavy (non-hydrogen) atoms. The Balaban J connectivity index is 1.75. The van der Waals surface area contributed by atoms with Gasteiger partial charge in [-0.3, -0.25) is 14.3 Å². The van der Waals surface area contributed by atoms with Crippen molar-refractivity contribution < 1.29 is 9.53 Å². The molecule has 1 amide bonds. The van der Waals surface area contributed by atoms with Crippen molar-refractivity contribution in [2.45, 2.75) is 24.8 Å². The van der Waals surface area contributed by atoms with Crippen LogP contribution in [0.3, 0.4) is 0 Å². The lowest BCUT2D eigenvalue weighted by Gasteiger charge is -2.14. The first-order valence-electron chi connectivity index (χ1n) is 8.02. The van der Waals surface area contributed by atoms with Crippen LogP contribution < -0.4 is 9.64 Å². The molecule has 3 rings (SSSR count). The Labute approximate surface area is 160 Å². The number of aromatic nitrogens is 4. The lowest BCUT2D eigenvalue weighted by molar-refractivity contribution is -0.116. The van der Waals surface area contributed by atoms with Crippen molar-refractivity contribution in [3.63, 3.8) is 0 Å². The quantitative estimate of drug-likeness (QED) is 0.577. The number of para-hydroxylation sites is 2. The number of thiazole rings is 1. The number of ether oxygens (including phenoxy) is 1. The highest BCUT2D eigenvalue weighted by Crippen LogP contribution is 2.29. The number of thioether (sulfide) groups is 1. The molecule has 0 saturated carbocycles. The van der Waals surface area contributed by atoms with Gasteiger partial charge in [-0.2, -0.15) is 0 Å². The summed E-state index contributed by atoms with van der Waals surface area (Å²) < 4.78 is 7.31. The summed E-state index contributed by atoms with van der Waals surface area (Å²) >= 11 is 3.01. The molecule has 0 aliphatic heterocycles. The molecular weight excluding hydrogens is 370 g/mol. The number of amides is 1. The molecule has 9 heteroatoms. The van der Waals surface area contributed by atoms with Gasteiger partial charge in [-0.05, 0) is 19.1 Å². The molecule has 136 valence electrons. The number of hydrogen-bond donors (Lipinski definition) is 0. The predicted octanol–water partition coefficient (Wildman–Crippen LogP) is 3.40. The summed E-state index contributed by atoms with van der Waals surface area (Å²) in [7, 11) is 1.64. The van der Waals surface area contributed by atoms with Gasteiger partial charge in [0.15, 0.2) is 10.3 Å². The van der Waals surface area contributed by atoms with E-state index in [1.54, 1.807) is 25.3 Å². The van der Waals surface area contributed by atoms with E-state index in [1.807, 2.05) is 41.1 Å². The maximum Gasteiger partial charge on any atom is 0.225 e. The molecule has 0 saturated heterocycles. The largest absolute Gasteiger partial charge is 0.495 e. The first-order valence-corrected chi connectivity index (χ1v) is 9.89. The van der Waals surface area contributed by atoms with Crippen molar-refractivity contribution >= 4 is 34.1 Å². The standard InChI is InChI=1S/C17H19N5O2S2/c1-4-21(12(2)23)16-19-13(9-25-16)10-26-17-20-18-11-22(17)14-7-5-6-8-15(14)24-3/h5-9,11H,4,10H2,1-3H3. The second-order valence-electron chi connectivity index (χ2n) is 5.33. The van der Waals surface area contributed by atoms with E-state index < -0.39 is 0 Å². The fraction of sp³-hybridized carbons (Fsp3) is 0.294. The molecule has 1 aromatic carbocycles. The molecule has 0 atom stereocenters. The molecule has 0 N–H and O–H groups in total. The molecule has 0 aliphatic carbocycles. The van der Waals surface area contributed by atoms with Crippen LogP contribution in [0.15, 0.2) is 41.1 Å². The van der Waals surface area contributed by atoms with E-state index in [0.717, 1.165) is 27.4 Å². The van der Waals surface area contributed by atoms with Gasteiger partial charge in [0.25, 0.3) is 0 Å². The lowest BCUT2D eigenvalue weighted by Crippen LogP contribution is -2.27. The summed E-state index contributed by atoms with van der Waals surface area (Å²) in [4.78, 5) is 17.9. The van der Waals surface area contributed by atoms with Crippen molar-refractivity contribution in [2.24, 2.45) is 0 Å². The number of carbonyl (C=O) groups excluding carboxylic acids is 1. The van der Waals surface area contributed by atoms with E-state index >= 15 is 0 Å². The monoisotopic (exact) mass is 389 g/mol. The summed E-state index contributed by atoms with van der Waals surface area (Å²) in [6, 6.07) is 7.72. The van der Waals surface area contributed by atoms with Gasteiger partial charge in [0.05, 0.1) is 18.5 Å². The van der Waals surface area contributed by atoms with Crippen LogP contribution in [-0.2, 0) is 10.5 Å². The number of nitrogens with zero attached hydrogens (tertiary/aromatic N) is 5. The van der Waals surface area contributed by atoms with Crippen LogP contribution in [0.5, 0.6) is 5.75 Å². The Bertz CT molecular complexity index is 893. The average molecular weight is 390 g/mol. The highest BCUT2D eigenvalue weighted by atomic mass is 32.2. The number of benzene rings is 1. The summed E-state index contributed by atoms with van der Waals surface area (Å²) in [6.07, 6.45) is 1.67. The highest BCUT2D eigenvalue weighted by molar-refractivity contribution is 7.98. The Hall–Kier alpha value is -2.39. The molecule has 0 aliphatic rings. The van der Waals surface area contributed by atoms with Gasteiger partial charge >= 0.3 is 0 Å². The third-order valence-corrected chi connectivity index (χ3v) is 5.57. The topological polar surface area (TPSA) is 73.1 Å². The Kier molecular flexibility index (Phi) is 5.89. The number of carbonyl (C=O) groups is 1. The average Bonchev–Trinajstić information content (AvgIpc) is 3.29. The number of hydrogen-bond acceptors (Lipinski definition) is 7. The Morgan fingerprint density at radius 3 is 2.92 bits per heavy atom. The summed E-state index contributed by atoms with van der Waals surface area (Å²) in [5.41, 5.74) is 1.79. The van der Waals surface area contributed by atoms with E-state index in [9.17, 15) is 4.79 Å². The second kappa shape index (κ2) is 8.33. The molecule has 0 unspecified atom stereocenters. The van der Waals surface area contributed by atoms with Crippen LogP contribution in [-0.4, -0.2) is 39.3 Å². The SMILES string of the molecule is CCN(C(C)=O)c1nc(CSc2nncn2-c2ccccc2OC)cs1. The lowest BCUT2D eigenvalue weighted by atomic mass is 10.3. The van der Waals surface area contributed by atoms with Crippen LogP contribution in [0.25, 0.3) is 5.69 Å². The second-order valence-corrected chi connectivity index (χ2v) is 7.11. The van der Waals surface area contributed by atoms with Crippen molar-refractivity contribution in [1.82, 2.24) is 19.7 Å². The van der Waals surface area contributed by atoms with E-state index in [-0.39, 0.29) is 5.91 Å². The van der Waals surface area contributed by atoms with Crippen LogP contribution in [0.1, 0.15) is 19.5 Å². The zero-order valence-corrected chi connectivity index (χ0v) is 16.4. The summed E-state index contributed by atoms with van der Waals surface area (Å²) in [5, 5.41) is 11.7. The summed E-state index contributed by atoms with van der Waals surface area (Å²) in [5.74, 6) is 1.39. The van der Waals surface area contributed by atoms with E-state index in [0.29, 0.717) is 12.3 Å². The van der Waals surface area contributed by atoms with E-state index in [4.69, 9.17) is 4.74 Å². The van der Waals surface area contributed by atoms with Crippen LogP contribution in [0.4, 0.5) is 5.13 Å². The third-order valence-electron chi connectivity index (χ3n) is 3.68. The maximum absolute atomic E-state index is 11.6. The predicted molar refractivity (Wildman–Crippen MR) is 103 cm³/mol. The minimum Gasteiger partial charge on any atom is -0.495 e. The maximum atomic E-state index is 11.6. The number of methoxy groups -OCH3 is 1. The first-order chi connectivity index (χ1) is 12.6.